The highest BCUT2D eigenvalue weighted by molar-refractivity contribution is 5.96. The molecule has 7 heteroatoms. The Morgan fingerprint density at radius 3 is 2.39 bits per heavy atom. The highest BCUT2D eigenvalue weighted by Crippen LogP contribution is 2.14. The normalized spacial score (nSPS) is 18.2. The summed E-state index contributed by atoms with van der Waals surface area (Å²) in [5, 5.41) is 14.6. The first-order chi connectivity index (χ1) is 10.8. The van der Waals surface area contributed by atoms with Crippen LogP contribution in [0, 0.1) is 13.8 Å². The van der Waals surface area contributed by atoms with Crippen LogP contribution in [0.2, 0.25) is 0 Å². The lowest BCUT2D eigenvalue weighted by molar-refractivity contribution is 0.0501. The van der Waals surface area contributed by atoms with Gasteiger partial charge in [-0.05, 0) is 20.9 Å². The summed E-state index contributed by atoms with van der Waals surface area (Å²) in [5.74, 6) is -0.0782. The molecule has 1 aromatic heterocycles. The van der Waals surface area contributed by atoms with Crippen molar-refractivity contribution in [1.29, 1.82) is 0 Å². The fourth-order valence-corrected chi connectivity index (χ4v) is 3.06. The van der Waals surface area contributed by atoms with E-state index in [4.69, 9.17) is 0 Å². The van der Waals surface area contributed by atoms with Crippen LogP contribution < -0.4 is 0 Å². The molecule has 1 atom stereocenters. The monoisotopic (exact) mass is 323 g/mol. The SMILES string of the molecule is Cc1nn(C)c(C)c1C(=O)N(C)CC(O)CN1CCN(C)CC1. The molecule has 1 saturated heterocycles. The molecule has 0 saturated carbocycles. The van der Waals surface area contributed by atoms with Crippen LogP contribution in [0.5, 0.6) is 0 Å². The van der Waals surface area contributed by atoms with E-state index in [1.54, 1.807) is 16.6 Å². The van der Waals surface area contributed by atoms with Gasteiger partial charge in [0.25, 0.3) is 5.91 Å². The number of carbonyl (C=O) groups excluding carboxylic acids is 1. The molecule has 1 aliphatic rings. The van der Waals surface area contributed by atoms with Gasteiger partial charge in [0.05, 0.1) is 17.4 Å². The molecule has 0 bridgehead atoms. The van der Waals surface area contributed by atoms with Gasteiger partial charge in [0.15, 0.2) is 0 Å². The number of β-amino-alcohol motifs (C(OH)–C–C–N with tert-alkyl or cyclic N) is 1. The van der Waals surface area contributed by atoms with Crippen LogP contribution in [0.3, 0.4) is 0 Å². The van der Waals surface area contributed by atoms with Gasteiger partial charge in [0.2, 0.25) is 0 Å². The van der Waals surface area contributed by atoms with E-state index in [1.807, 2.05) is 20.9 Å². The molecule has 1 fully saturated rings. The number of aromatic nitrogens is 2. The molecule has 0 spiro atoms. The Hall–Kier alpha value is -1.44. The molecule has 1 N–H and O–H groups in total. The molecule has 0 aliphatic carbocycles. The van der Waals surface area contributed by atoms with Crippen LogP contribution in [-0.4, -0.2) is 95.0 Å². The van der Waals surface area contributed by atoms with Crippen LogP contribution in [-0.2, 0) is 7.05 Å². The fourth-order valence-electron chi connectivity index (χ4n) is 3.06. The second-order valence-corrected chi connectivity index (χ2v) is 6.61. The number of carbonyl (C=O) groups is 1. The Morgan fingerprint density at radius 2 is 1.87 bits per heavy atom. The number of amides is 1. The van der Waals surface area contributed by atoms with Crippen LogP contribution in [0.25, 0.3) is 0 Å². The minimum absolute atomic E-state index is 0.0782. The van der Waals surface area contributed by atoms with Gasteiger partial charge in [-0.3, -0.25) is 14.4 Å². The molecule has 2 rings (SSSR count). The Labute approximate surface area is 138 Å². The van der Waals surface area contributed by atoms with Crippen molar-refractivity contribution >= 4 is 5.91 Å². The Balaban J connectivity index is 1.90. The number of piperazine rings is 1. The maximum absolute atomic E-state index is 12.6. The Morgan fingerprint density at radius 1 is 1.26 bits per heavy atom. The highest BCUT2D eigenvalue weighted by Gasteiger charge is 2.23. The van der Waals surface area contributed by atoms with Crippen molar-refractivity contribution in [3.05, 3.63) is 17.0 Å². The first-order valence-corrected chi connectivity index (χ1v) is 8.14. The number of aliphatic hydroxyl groups excluding tert-OH is 1. The van der Waals surface area contributed by atoms with E-state index in [-0.39, 0.29) is 5.91 Å². The van der Waals surface area contributed by atoms with E-state index >= 15 is 0 Å². The number of aliphatic hydroxyl groups is 1. The van der Waals surface area contributed by atoms with Gasteiger partial charge < -0.3 is 14.9 Å². The molecule has 7 nitrogen and oxygen atoms in total. The largest absolute Gasteiger partial charge is 0.390 e. The summed E-state index contributed by atoms with van der Waals surface area (Å²) in [6, 6.07) is 0. The van der Waals surface area contributed by atoms with Crippen molar-refractivity contribution in [2.24, 2.45) is 7.05 Å². The molecular weight excluding hydrogens is 294 g/mol. The van der Waals surface area contributed by atoms with Crippen LogP contribution in [0.15, 0.2) is 0 Å². The van der Waals surface area contributed by atoms with Crippen molar-refractivity contribution in [3.63, 3.8) is 0 Å². The van der Waals surface area contributed by atoms with Crippen molar-refractivity contribution in [2.45, 2.75) is 20.0 Å². The lowest BCUT2D eigenvalue weighted by Crippen LogP contribution is -2.49. The molecule has 0 radical (unpaired) electrons. The first-order valence-electron chi connectivity index (χ1n) is 8.14. The summed E-state index contributed by atoms with van der Waals surface area (Å²) in [6.07, 6.45) is -0.537. The van der Waals surface area contributed by atoms with E-state index < -0.39 is 6.10 Å². The van der Waals surface area contributed by atoms with E-state index in [2.05, 4.69) is 21.9 Å². The molecule has 0 aromatic carbocycles. The maximum Gasteiger partial charge on any atom is 0.257 e. The van der Waals surface area contributed by atoms with Crippen LogP contribution in [0.1, 0.15) is 21.7 Å². The van der Waals surface area contributed by atoms with E-state index in [0.717, 1.165) is 37.6 Å². The fraction of sp³-hybridized carbons (Fsp3) is 0.750. The lowest BCUT2D eigenvalue weighted by atomic mass is 10.1. The maximum atomic E-state index is 12.6. The molecule has 130 valence electrons. The zero-order valence-electron chi connectivity index (χ0n) is 14.9. The van der Waals surface area contributed by atoms with E-state index in [1.165, 1.54) is 0 Å². The number of nitrogens with zero attached hydrogens (tertiary/aromatic N) is 5. The number of rotatable bonds is 5. The van der Waals surface area contributed by atoms with Gasteiger partial charge in [-0.1, -0.05) is 0 Å². The summed E-state index contributed by atoms with van der Waals surface area (Å²) in [7, 11) is 5.68. The van der Waals surface area contributed by atoms with Gasteiger partial charge in [0.1, 0.15) is 0 Å². The van der Waals surface area contributed by atoms with Crippen molar-refractivity contribution in [3.8, 4) is 0 Å². The van der Waals surface area contributed by atoms with Gasteiger partial charge >= 0.3 is 0 Å². The van der Waals surface area contributed by atoms with Crippen molar-refractivity contribution < 1.29 is 9.90 Å². The number of likely N-dealkylation sites (N-methyl/N-ethyl adjacent to an activating group) is 2. The zero-order chi connectivity index (χ0) is 17.1. The smallest absolute Gasteiger partial charge is 0.257 e. The summed E-state index contributed by atoms with van der Waals surface area (Å²) in [6.45, 7) is 8.65. The molecule has 1 amide bonds. The third-order valence-corrected chi connectivity index (χ3v) is 4.62. The summed E-state index contributed by atoms with van der Waals surface area (Å²) in [5.41, 5.74) is 2.23. The topological polar surface area (TPSA) is 64.8 Å². The lowest BCUT2D eigenvalue weighted by Gasteiger charge is -2.34. The standard InChI is InChI=1S/C16H29N5O2/c1-12-15(13(2)20(5)17-12)16(23)19(4)10-14(22)11-21-8-6-18(3)7-9-21/h14,22H,6-11H2,1-5H3. The first kappa shape index (κ1) is 17.9. The quantitative estimate of drug-likeness (QED) is 0.807. The Bertz CT molecular complexity index is 549. The van der Waals surface area contributed by atoms with Gasteiger partial charge in [-0.15, -0.1) is 0 Å². The van der Waals surface area contributed by atoms with E-state index in [9.17, 15) is 9.90 Å². The van der Waals surface area contributed by atoms with E-state index in [0.29, 0.717) is 18.7 Å². The zero-order valence-corrected chi connectivity index (χ0v) is 14.9. The number of hydrogen-bond acceptors (Lipinski definition) is 5. The molecule has 23 heavy (non-hydrogen) atoms. The molecule has 1 aromatic rings. The van der Waals surface area contributed by atoms with Crippen molar-refractivity contribution in [2.75, 3.05) is 53.4 Å². The summed E-state index contributed by atoms with van der Waals surface area (Å²) < 4.78 is 1.72. The predicted octanol–water partition coefficient (Wildman–Crippen LogP) is -0.283. The summed E-state index contributed by atoms with van der Waals surface area (Å²) >= 11 is 0. The molecule has 1 unspecified atom stereocenters. The van der Waals surface area contributed by atoms with Gasteiger partial charge in [0, 0.05) is 59.1 Å². The van der Waals surface area contributed by atoms with Crippen molar-refractivity contribution in [1.82, 2.24) is 24.5 Å². The second kappa shape index (κ2) is 7.42. The third-order valence-electron chi connectivity index (χ3n) is 4.62. The second-order valence-electron chi connectivity index (χ2n) is 6.61. The minimum Gasteiger partial charge on any atom is -0.390 e. The average molecular weight is 323 g/mol. The van der Waals surface area contributed by atoms with Crippen LogP contribution in [0.4, 0.5) is 0 Å². The third kappa shape index (κ3) is 4.31. The van der Waals surface area contributed by atoms with Crippen LogP contribution >= 0.6 is 0 Å². The van der Waals surface area contributed by atoms with Gasteiger partial charge in [-0.2, -0.15) is 5.10 Å². The molecule has 1 aliphatic heterocycles. The Kier molecular flexibility index (Phi) is 5.78. The summed E-state index contributed by atoms with van der Waals surface area (Å²) in [4.78, 5) is 18.7. The highest BCUT2D eigenvalue weighted by atomic mass is 16.3. The number of hydrogen-bond donors (Lipinski definition) is 1. The average Bonchev–Trinajstić information content (AvgIpc) is 2.73. The number of aryl methyl sites for hydroxylation is 2. The van der Waals surface area contributed by atoms with Gasteiger partial charge in [-0.25, -0.2) is 0 Å². The molecular formula is C16H29N5O2. The predicted molar refractivity (Wildman–Crippen MR) is 89.6 cm³/mol. The molecule has 2 heterocycles. The minimum atomic E-state index is -0.537.